The predicted octanol–water partition coefficient (Wildman–Crippen LogP) is 2.91. The summed E-state index contributed by atoms with van der Waals surface area (Å²) in [5.41, 5.74) is 0.628. The Morgan fingerprint density at radius 1 is 1.25 bits per heavy atom. The molecule has 1 aromatic carbocycles. The van der Waals surface area contributed by atoms with Crippen molar-refractivity contribution in [3.8, 4) is 11.5 Å². The number of hydrogen-bond donors (Lipinski definition) is 0. The van der Waals surface area contributed by atoms with Crippen molar-refractivity contribution in [2.24, 2.45) is 0 Å². The number of carbonyl (C=O) groups is 1. The van der Waals surface area contributed by atoms with E-state index in [0.29, 0.717) is 35.8 Å². The maximum atomic E-state index is 11.7. The highest BCUT2D eigenvalue weighted by molar-refractivity contribution is 6.18. The molecule has 0 amide bonds. The van der Waals surface area contributed by atoms with Crippen LogP contribution in [0.1, 0.15) is 23.2 Å². The fourth-order valence-electron chi connectivity index (χ4n) is 1.38. The molecule has 0 N–H and O–H groups in total. The van der Waals surface area contributed by atoms with Crippen LogP contribution in [-0.4, -0.2) is 25.9 Å². The SMILES string of the molecule is COc1ccc(C(=O)CCCCl)cc1OC. The lowest BCUT2D eigenvalue weighted by molar-refractivity contribution is 0.0981. The van der Waals surface area contributed by atoms with E-state index in [-0.39, 0.29) is 5.78 Å². The van der Waals surface area contributed by atoms with Crippen molar-refractivity contribution in [2.75, 3.05) is 20.1 Å². The number of Topliss-reactive ketones (excluding diaryl/α,β-unsaturated/α-hetero) is 1. The normalized spacial score (nSPS) is 9.94. The van der Waals surface area contributed by atoms with E-state index in [0.717, 1.165) is 0 Å². The van der Waals surface area contributed by atoms with Crippen LogP contribution in [0.2, 0.25) is 0 Å². The predicted molar refractivity (Wildman–Crippen MR) is 63.8 cm³/mol. The average molecular weight is 243 g/mol. The molecule has 1 rings (SSSR count). The van der Waals surface area contributed by atoms with Gasteiger partial charge in [0.1, 0.15) is 0 Å². The van der Waals surface area contributed by atoms with E-state index in [1.54, 1.807) is 32.4 Å². The molecule has 0 unspecified atom stereocenters. The highest BCUT2D eigenvalue weighted by Crippen LogP contribution is 2.28. The second kappa shape index (κ2) is 6.38. The van der Waals surface area contributed by atoms with Crippen LogP contribution in [0.4, 0.5) is 0 Å². The zero-order chi connectivity index (χ0) is 12.0. The summed E-state index contributed by atoms with van der Waals surface area (Å²) >= 11 is 5.54. The maximum Gasteiger partial charge on any atom is 0.163 e. The first-order chi connectivity index (χ1) is 7.72. The summed E-state index contributed by atoms with van der Waals surface area (Å²) in [5.74, 6) is 1.76. The number of halogens is 1. The van der Waals surface area contributed by atoms with Crippen molar-refractivity contribution < 1.29 is 14.3 Å². The van der Waals surface area contributed by atoms with E-state index >= 15 is 0 Å². The number of alkyl halides is 1. The molecule has 88 valence electrons. The Balaban J connectivity index is 2.85. The van der Waals surface area contributed by atoms with Gasteiger partial charge in [-0.25, -0.2) is 0 Å². The summed E-state index contributed by atoms with van der Waals surface area (Å²) in [4.78, 5) is 11.7. The second-order valence-electron chi connectivity index (χ2n) is 3.29. The molecule has 0 aliphatic heterocycles. The average Bonchev–Trinajstić information content (AvgIpc) is 2.34. The first kappa shape index (κ1) is 12.8. The van der Waals surface area contributed by atoms with Gasteiger partial charge in [-0.1, -0.05) is 0 Å². The van der Waals surface area contributed by atoms with Gasteiger partial charge in [0, 0.05) is 17.9 Å². The molecule has 3 nitrogen and oxygen atoms in total. The molecular formula is C12H15ClO3. The number of hydrogen-bond acceptors (Lipinski definition) is 3. The highest BCUT2D eigenvalue weighted by Gasteiger charge is 2.10. The molecular weight excluding hydrogens is 228 g/mol. The van der Waals surface area contributed by atoms with E-state index in [4.69, 9.17) is 21.1 Å². The molecule has 0 radical (unpaired) electrons. The summed E-state index contributed by atoms with van der Waals surface area (Å²) in [6.45, 7) is 0. The van der Waals surface area contributed by atoms with Gasteiger partial charge in [0.25, 0.3) is 0 Å². The van der Waals surface area contributed by atoms with Crippen molar-refractivity contribution >= 4 is 17.4 Å². The summed E-state index contributed by atoms with van der Waals surface area (Å²) in [7, 11) is 3.11. The minimum atomic E-state index is 0.0709. The van der Waals surface area contributed by atoms with Crippen molar-refractivity contribution in [1.82, 2.24) is 0 Å². The van der Waals surface area contributed by atoms with Gasteiger partial charge in [0.05, 0.1) is 14.2 Å². The Morgan fingerprint density at radius 3 is 2.50 bits per heavy atom. The lowest BCUT2D eigenvalue weighted by Gasteiger charge is -2.08. The van der Waals surface area contributed by atoms with Gasteiger partial charge in [0.2, 0.25) is 0 Å². The van der Waals surface area contributed by atoms with Crippen molar-refractivity contribution in [2.45, 2.75) is 12.8 Å². The fraction of sp³-hybridized carbons (Fsp3) is 0.417. The van der Waals surface area contributed by atoms with Crippen LogP contribution in [0.25, 0.3) is 0 Å². The quantitative estimate of drug-likeness (QED) is 0.568. The topological polar surface area (TPSA) is 35.5 Å². The summed E-state index contributed by atoms with van der Waals surface area (Å²) < 4.78 is 10.2. The second-order valence-corrected chi connectivity index (χ2v) is 3.66. The third kappa shape index (κ3) is 3.14. The van der Waals surface area contributed by atoms with Gasteiger partial charge < -0.3 is 9.47 Å². The number of ether oxygens (including phenoxy) is 2. The number of methoxy groups -OCH3 is 2. The van der Waals surface area contributed by atoms with Gasteiger partial charge in [-0.15, -0.1) is 11.6 Å². The van der Waals surface area contributed by atoms with Crippen LogP contribution in [0.5, 0.6) is 11.5 Å². The Bertz CT molecular complexity index is 363. The molecule has 0 aromatic heterocycles. The molecule has 1 aromatic rings. The van der Waals surface area contributed by atoms with Gasteiger partial charge >= 0.3 is 0 Å². The van der Waals surface area contributed by atoms with Crippen molar-refractivity contribution in [3.63, 3.8) is 0 Å². The molecule has 0 bridgehead atoms. The molecule has 4 heteroatoms. The molecule has 16 heavy (non-hydrogen) atoms. The standard InChI is InChI=1S/C12H15ClO3/c1-15-11-6-5-9(8-12(11)16-2)10(14)4-3-7-13/h5-6,8H,3-4,7H2,1-2H3. The van der Waals surface area contributed by atoms with Gasteiger partial charge in [-0.3, -0.25) is 4.79 Å². The van der Waals surface area contributed by atoms with Crippen LogP contribution in [0.3, 0.4) is 0 Å². The molecule has 0 aliphatic rings. The van der Waals surface area contributed by atoms with Crippen LogP contribution in [0, 0.1) is 0 Å². The summed E-state index contributed by atoms with van der Waals surface area (Å²) in [6.07, 6.45) is 1.15. The third-order valence-electron chi connectivity index (χ3n) is 2.24. The molecule has 0 heterocycles. The van der Waals surface area contributed by atoms with E-state index in [9.17, 15) is 4.79 Å². The molecule has 0 saturated heterocycles. The molecule has 0 aliphatic carbocycles. The van der Waals surface area contributed by atoms with Crippen molar-refractivity contribution in [1.29, 1.82) is 0 Å². The summed E-state index contributed by atoms with van der Waals surface area (Å²) in [5, 5.41) is 0. The van der Waals surface area contributed by atoms with Gasteiger partial charge in [-0.05, 0) is 24.6 Å². The van der Waals surface area contributed by atoms with Crippen LogP contribution < -0.4 is 9.47 Å². The number of benzene rings is 1. The zero-order valence-corrected chi connectivity index (χ0v) is 10.2. The van der Waals surface area contributed by atoms with Crippen LogP contribution in [-0.2, 0) is 0 Å². The van der Waals surface area contributed by atoms with Crippen LogP contribution >= 0.6 is 11.6 Å². The number of carbonyl (C=O) groups excluding carboxylic acids is 1. The van der Waals surface area contributed by atoms with Gasteiger partial charge in [-0.2, -0.15) is 0 Å². The van der Waals surface area contributed by atoms with E-state index in [1.807, 2.05) is 0 Å². The number of ketones is 1. The monoisotopic (exact) mass is 242 g/mol. The Kier molecular flexibility index (Phi) is 5.12. The lowest BCUT2D eigenvalue weighted by Crippen LogP contribution is -2.00. The van der Waals surface area contributed by atoms with E-state index in [2.05, 4.69) is 0 Å². The molecule has 0 spiro atoms. The third-order valence-corrected chi connectivity index (χ3v) is 2.51. The minimum Gasteiger partial charge on any atom is -0.493 e. The van der Waals surface area contributed by atoms with Gasteiger partial charge in [0.15, 0.2) is 17.3 Å². The largest absolute Gasteiger partial charge is 0.493 e. The number of rotatable bonds is 6. The Morgan fingerprint density at radius 2 is 1.94 bits per heavy atom. The van der Waals surface area contributed by atoms with Crippen molar-refractivity contribution in [3.05, 3.63) is 23.8 Å². The first-order valence-corrected chi connectivity index (χ1v) is 5.57. The zero-order valence-electron chi connectivity index (χ0n) is 9.46. The molecule has 0 saturated carbocycles. The summed E-state index contributed by atoms with van der Waals surface area (Å²) in [6, 6.07) is 5.15. The molecule has 0 atom stereocenters. The Hall–Kier alpha value is -1.22. The van der Waals surface area contributed by atoms with E-state index in [1.165, 1.54) is 0 Å². The van der Waals surface area contributed by atoms with E-state index < -0.39 is 0 Å². The Labute approximate surface area is 100 Å². The smallest absolute Gasteiger partial charge is 0.163 e. The minimum absolute atomic E-state index is 0.0709. The maximum absolute atomic E-state index is 11.7. The molecule has 0 fully saturated rings. The highest BCUT2D eigenvalue weighted by atomic mass is 35.5. The van der Waals surface area contributed by atoms with Crippen LogP contribution in [0.15, 0.2) is 18.2 Å². The lowest BCUT2D eigenvalue weighted by atomic mass is 10.1. The first-order valence-electron chi connectivity index (χ1n) is 5.04. The fourth-order valence-corrected chi connectivity index (χ4v) is 1.52.